The third-order valence-corrected chi connectivity index (χ3v) is 4.61. The summed E-state index contributed by atoms with van der Waals surface area (Å²) in [6.45, 7) is 2.37. The van der Waals surface area contributed by atoms with Crippen molar-refractivity contribution < 1.29 is 0 Å². The van der Waals surface area contributed by atoms with E-state index in [-0.39, 0.29) is 0 Å². The van der Waals surface area contributed by atoms with Crippen LogP contribution in [0.5, 0.6) is 0 Å². The van der Waals surface area contributed by atoms with Gasteiger partial charge in [-0.15, -0.1) is 0 Å². The standard InChI is InChI=1S/C13H25N/c1-2-10-5-3-4-6-13(10)11-7-8-12(14)9-11/h10-13H,2-9,14H2,1H3. The molecule has 0 amide bonds. The summed E-state index contributed by atoms with van der Waals surface area (Å²) in [6, 6.07) is 0.527. The fourth-order valence-corrected chi connectivity index (χ4v) is 3.81. The van der Waals surface area contributed by atoms with E-state index in [1.807, 2.05) is 0 Å². The SMILES string of the molecule is CCC1CCCCC1C1CCC(N)C1. The van der Waals surface area contributed by atoms with Crippen molar-refractivity contribution in [2.45, 2.75) is 64.3 Å². The lowest BCUT2D eigenvalue weighted by molar-refractivity contribution is 0.157. The summed E-state index contributed by atoms with van der Waals surface area (Å²) in [5.74, 6) is 3.04. The Hall–Kier alpha value is -0.0400. The Morgan fingerprint density at radius 1 is 1.07 bits per heavy atom. The van der Waals surface area contributed by atoms with Gasteiger partial charge in [-0.2, -0.15) is 0 Å². The van der Waals surface area contributed by atoms with Gasteiger partial charge in [0.2, 0.25) is 0 Å². The highest BCUT2D eigenvalue weighted by atomic mass is 14.7. The smallest absolute Gasteiger partial charge is 0.00416 e. The largest absolute Gasteiger partial charge is 0.328 e. The van der Waals surface area contributed by atoms with Crippen molar-refractivity contribution in [2.75, 3.05) is 0 Å². The summed E-state index contributed by atoms with van der Waals surface area (Å²) in [6.07, 6.45) is 11.4. The van der Waals surface area contributed by atoms with Gasteiger partial charge in [-0.1, -0.05) is 32.6 Å². The van der Waals surface area contributed by atoms with Crippen LogP contribution in [-0.4, -0.2) is 6.04 Å². The summed E-state index contributed by atoms with van der Waals surface area (Å²) in [7, 11) is 0. The van der Waals surface area contributed by atoms with Crippen molar-refractivity contribution in [3.63, 3.8) is 0 Å². The van der Waals surface area contributed by atoms with Crippen molar-refractivity contribution >= 4 is 0 Å². The lowest BCUT2D eigenvalue weighted by atomic mass is 9.71. The van der Waals surface area contributed by atoms with E-state index in [0.717, 1.165) is 17.8 Å². The number of hydrogen-bond donors (Lipinski definition) is 1. The Morgan fingerprint density at radius 2 is 1.86 bits per heavy atom. The van der Waals surface area contributed by atoms with E-state index in [0.29, 0.717) is 6.04 Å². The molecule has 2 fully saturated rings. The first-order valence-electron chi connectivity index (χ1n) is 6.56. The van der Waals surface area contributed by atoms with Crippen LogP contribution in [0.2, 0.25) is 0 Å². The zero-order valence-corrected chi connectivity index (χ0v) is 9.54. The first kappa shape index (κ1) is 10.5. The second-order valence-electron chi connectivity index (χ2n) is 5.45. The first-order valence-corrected chi connectivity index (χ1v) is 6.56. The molecular formula is C13H25N. The molecule has 0 aromatic heterocycles. The molecule has 0 aromatic rings. The molecule has 1 nitrogen and oxygen atoms in total. The predicted octanol–water partition coefficient (Wildman–Crippen LogP) is 3.33. The number of hydrogen-bond acceptors (Lipinski definition) is 1. The molecule has 0 bridgehead atoms. The minimum atomic E-state index is 0.527. The maximum atomic E-state index is 6.02. The molecule has 2 N–H and O–H groups in total. The molecule has 4 unspecified atom stereocenters. The van der Waals surface area contributed by atoms with E-state index in [1.165, 1.54) is 51.4 Å². The third kappa shape index (κ3) is 2.13. The summed E-state index contributed by atoms with van der Waals surface area (Å²) in [5.41, 5.74) is 6.02. The predicted molar refractivity (Wildman–Crippen MR) is 61.1 cm³/mol. The minimum absolute atomic E-state index is 0.527. The molecule has 2 saturated carbocycles. The lowest BCUT2D eigenvalue weighted by Crippen LogP contribution is -2.26. The maximum Gasteiger partial charge on any atom is 0.00416 e. The Morgan fingerprint density at radius 3 is 2.50 bits per heavy atom. The summed E-state index contributed by atoms with van der Waals surface area (Å²) >= 11 is 0. The van der Waals surface area contributed by atoms with Gasteiger partial charge >= 0.3 is 0 Å². The monoisotopic (exact) mass is 195 g/mol. The second-order valence-corrected chi connectivity index (χ2v) is 5.45. The van der Waals surface area contributed by atoms with Gasteiger partial charge in [0.05, 0.1) is 0 Å². The van der Waals surface area contributed by atoms with E-state index in [4.69, 9.17) is 5.73 Å². The molecule has 0 spiro atoms. The molecule has 1 heteroatoms. The van der Waals surface area contributed by atoms with Gasteiger partial charge in [0.1, 0.15) is 0 Å². The Bertz CT molecular complexity index is 178. The molecule has 2 aliphatic rings. The molecule has 2 rings (SSSR count). The zero-order valence-electron chi connectivity index (χ0n) is 9.54. The van der Waals surface area contributed by atoms with Crippen molar-refractivity contribution in [1.29, 1.82) is 0 Å². The Labute approximate surface area is 88.4 Å². The molecule has 14 heavy (non-hydrogen) atoms. The average molecular weight is 195 g/mol. The van der Waals surface area contributed by atoms with Crippen LogP contribution in [0.15, 0.2) is 0 Å². The molecule has 0 aliphatic heterocycles. The van der Waals surface area contributed by atoms with E-state index in [9.17, 15) is 0 Å². The van der Waals surface area contributed by atoms with Gasteiger partial charge in [-0.3, -0.25) is 0 Å². The van der Waals surface area contributed by atoms with Crippen LogP contribution in [0.1, 0.15) is 58.3 Å². The normalized spacial score (nSPS) is 44.1. The topological polar surface area (TPSA) is 26.0 Å². The van der Waals surface area contributed by atoms with Gasteiger partial charge in [0.15, 0.2) is 0 Å². The highest BCUT2D eigenvalue weighted by Gasteiger charge is 2.34. The van der Waals surface area contributed by atoms with E-state index < -0.39 is 0 Å². The number of rotatable bonds is 2. The summed E-state index contributed by atoms with van der Waals surface area (Å²) in [5, 5.41) is 0. The highest BCUT2D eigenvalue weighted by molar-refractivity contribution is 4.87. The molecule has 0 saturated heterocycles. The fourth-order valence-electron chi connectivity index (χ4n) is 3.81. The van der Waals surface area contributed by atoms with Gasteiger partial charge in [-0.25, -0.2) is 0 Å². The Kier molecular flexibility index (Phi) is 3.48. The van der Waals surface area contributed by atoms with Crippen LogP contribution < -0.4 is 5.73 Å². The molecule has 0 radical (unpaired) electrons. The summed E-state index contributed by atoms with van der Waals surface area (Å²) < 4.78 is 0. The van der Waals surface area contributed by atoms with Crippen LogP contribution in [0.3, 0.4) is 0 Å². The summed E-state index contributed by atoms with van der Waals surface area (Å²) in [4.78, 5) is 0. The molecule has 82 valence electrons. The second kappa shape index (κ2) is 4.65. The molecule has 0 aromatic carbocycles. The van der Waals surface area contributed by atoms with E-state index in [2.05, 4.69) is 6.92 Å². The van der Waals surface area contributed by atoms with Gasteiger partial charge < -0.3 is 5.73 Å². The molecule has 0 heterocycles. The van der Waals surface area contributed by atoms with Crippen LogP contribution in [0.25, 0.3) is 0 Å². The van der Waals surface area contributed by atoms with Gasteiger partial charge in [0.25, 0.3) is 0 Å². The highest BCUT2D eigenvalue weighted by Crippen LogP contribution is 2.43. The fraction of sp³-hybridized carbons (Fsp3) is 1.00. The van der Waals surface area contributed by atoms with Gasteiger partial charge in [-0.05, 0) is 43.4 Å². The minimum Gasteiger partial charge on any atom is -0.328 e. The molecule has 2 aliphatic carbocycles. The van der Waals surface area contributed by atoms with E-state index in [1.54, 1.807) is 0 Å². The van der Waals surface area contributed by atoms with Crippen LogP contribution >= 0.6 is 0 Å². The van der Waals surface area contributed by atoms with Gasteiger partial charge in [0, 0.05) is 6.04 Å². The van der Waals surface area contributed by atoms with Crippen LogP contribution in [0, 0.1) is 17.8 Å². The Balaban J connectivity index is 1.93. The first-order chi connectivity index (χ1) is 6.81. The molecule has 4 atom stereocenters. The third-order valence-electron chi connectivity index (χ3n) is 4.61. The average Bonchev–Trinajstić information content (AvgIpc) is 2.65. The van der Waals surface area contributed by atoms with Crippen molar-refractivity contribution in [3.8, 4) is 0 Å². The molecular weight excluding hydrogens is 170 g/mol. The quantitative estimate of drug-likeness (QED) is 0.718. The maximum absolute atomic E-state index is 6.02. The van der Waals surface area contributed by atoms with Crippen molar-refractivity contribution in [3.05, 3.63) is 0 Å². The van der Waals surface area contributed by atoms with Crippen LogP contribution in [-0.2, 0) is 0 Å². The van der Waals surface area contributed by atoms with Crippen molar-refractivity contribution in [2.24, 2.45) is 23.5 Å². The van der Waals surface area contributed by atoms with Crippen molar-refractivity contribution in [1.82, 2.24) is 0 Å². The van der Waals surface area contributed by atoms with Crippen LogP contribution in [0.4, 0.5) is 0 Å². The van der Waals surface area contributed by atoms with E-state index >= 15 is 0 Å². The lowest BCUT2D eigenvalue weighted by Gasteiger charge is -2.35. The number of nitrogens with two attached hydrogens (primary N) is 1. The zero-order chi connectivity index (χ0) is 9.97.